The average molecular weight is 352 g/mol. The van der Waals surface area contributed by atoms with Gasteiger partial charge in [-0.15, -0.1) is 6.58 Å². The standard InChI is InChI=1S/C18H28N2O5/c1-6-12-11-18(12,15(22)24-7-2)19-14(21)13-9-8-10-20(13)16(23)25-17(3,4)5/h6,12-13H,1,7-11H2,2-5H3,(H,19,21)/t12-,13?,18-/m1/s1. The molecule has 0 aromatic carbocycles. The zero-order valence-corrected chi connectivity index (χ0v) is 15.5. The maximum atomic E-state index is 12.7. The first-order chi connectivity index (χ1) is 11.6. The fourth-order valence-corrected chi connectivity index (χ4v) is 3.14. The fourth-order valence-electron chi connectivity index (χ4n) is 3.14. The van der Waals surface area contributed by atoms with Crippen molar-refractivity contribution in [3.63, 3.8) is 0 Å². The Kier molecular flexibility index (Phi) is 5.44. The minimum absolute atomic E-state index is 0.146. The van der Waals surface area contributed by atoms with Crippen molar-refractivity contribution < 1.29 is 23.9 Å². The summed E-state index contributed by atoms with van der Waals surface area (Å²) in [4.78, 5) is 38.8. The Morgan fingerprint density at radius 3 is 2.56 bits per heavy atom. The molecule has 25 heavy (non-hydrogen) atoms. The lowest BCUT2D eigenvalue weighted by atomic mass is 10.1. The van der Waals surface area contributed by atoms with E-state index in [9.17, 15) is 14.4 Å². The molecule has 0 bridgehead atoms. The lowest BCUT2D eigenvalue weighted by Crippen LogP contribution is -2.53. The molecule has 2 aliphatic rings. The summed E-state index contributed by atoms with van der Waals surface area (Å²) < 4.78 is 10.5. The van der Waals surface area contributed by atoms with Gasteiger partial charge in [0.2, 0.25) is 5.91 Å². The van der Waals surface area contributed by atoms with Gasteiger partial charge < -0.3 is 14.8 Å². The largest absolute Gasteiger partial charge is 0.464 e. The molecular weight excluding hydrogens is 324 g/mol. The van der Waals surface area contributed by atoms with Crippen LogP contribution in [0.3, 0.4) is 0 Å². The first-order valence-electron chi connectivity index (χ1n) is 8.76. The Bertz CT molecular complexity index is 568. The van der Waals surface area contributed by atoms with Gasteiger partial charge in [-0.25, -0.2) is 9.59 Å². The molecule has 140 valence electrons. The number of nitrogens with one attached hydrogen (secondary N) is 1. The van der Waals surface area contributed by atoms with Crippen LogP contribution in [0.5, 0.6) is 0 Å². The van der Waals surface area contributed by atoms with E-state index >= 15 is 0 Å². The number of esters is 1. The molecular formula is C18H28N2O5. The van der Waals surface area contributed by atoms with Crippen LogP contribution in [0, 0.1) is 5.92 Å². The highest BCUT2D eigenvalue weighted by molar-refractivity contribution is 5.94. The number of hydrogen-bond acceptors (Lipinski definition) is 5. The molecule has 0 spiro atoms. The Morgan fingerprint density at radius 2 is 2.04 bits per heavy atom. The van der Waals surface area contributed by atoms with Crippen LogP contribution in [0.1, 0.15) is 47.0 Å². The van der Waals surface area contributed by atoms with Crippen LogP contribution in [-0.2, 0) is 19.1 Å². The highest BCUT2D eigenvalue weighted by atomic mass is 16.6. The summed E-state index contributed by atoms with van der Waals surface area (Å²) in [6, 6.07) is -0.632. The first-order valence-corrected chi connectivity index (χ1v) is 8.76. The molecule has 1 heterocycles. The molecule has 2 rings (SSSR count). The lowest BCUT2D eigenvalue weighted by molar-refractivity contribution is -0.149. The van der Waals surface area contributed by atoms with Gasteiger partial charge in [0.05, 0.1) is 6.61 Å². The van der Waals surface area contributed by atoms with Gasteiger partial charge >= 0.3 is 12.1 Å². The van der Waals surface area contributed by atoms with Crippen LogP contribution >= 0.6 is 0 Å². The first kappa shape index (κ1) is 19.3. The third-order valence-electron chi connectivity index (χ3n) is 4.47. The molecule has 0 aromatic heterocycles. The predicted octanol–water partition coefficient (Wildman–Crippen LogP) is 2.01. The van der Waals surface area contributed by atoms with Crippen LogP contribution in [0.25, 0.3) is 0 Å². The quantitative estimate of drug-likeness (QED) is 0.604. The number of carbonyl (C=O) groups is 3. The van der Waals surface area contributed by atoms with Gasteiger partial charge in [-0.1, -0.05) is 6.08 Å². The molecule has 1 unspecified atom stereocenters. The molecule has 7 nitrogen and oxygen atoms in total. The van der Waals surface area contributed by atoms with Crippen LogP contribution in [0.15, 0.2) is 12.7 Å². The number of likely N-dealkylation sites (tertiary alicyclic amines) is 1. The second kappa shape index (κ2) is 7.06. The average Bonchev–Trinajstić information content (AvgIpc) is 3.00. The Balaban J connectivity index is 2.07. The highest BCUT2D eigenvalue weighted by Crippen LogP contribution is 2.45. The third-order valence-corrected chi connectivity index (χ3v) is 4.47. The fraction of sp³-hybridized carbons (Fsp3) is 0.722. The molecule has 1 N–H and O–H groups in total. The van der Waals surface area contributed by atoms with Crippen LogP contribution < -0.4 is 5.32 Å². The van der Waals surface area contributed by atoms with E-state index in [1.165, 1.54) is 4.90 Å². The minimum Gasteiger partial charge on any atom is -0.464 e. The van der Waals surface area contributed by atoms with Gasteiger partial charge in [-0.3, -0.25) is 9.69 Å². The Morgan fingerprint density at radius 1 is 1.36 bits per heavy atom. The van der Waals surface area contributed by atoms with Crippen LogP contribution in [0.2, 0.25) is 0 Å². The molecule has 7 heteroatoms. The van der Waals surface area contributed by atoms with Crippen molar-refractivity contribution in [3.05, 3.63) is 12.7 Å². The molecule has 0 radical (unpaired) electrons. The second-order valence-corrected chi connectivity index (χ2v) is 7.56. The van der Waals surface area contributed by atoms with E-state index in [-0.39, 0.29) is 18.4 Å². The third kappa shape index (κ3) is 4.14. The molecule has 1 saturated carbocycles. The van der Waals surface area contributed by atoms with E-state index in [0.717, 1.165) is 0 Å². The summed E-state index contributed by atoms with van der Waals surface area (Å²) >= 11 is 0. The maximum absolute atomic E-state index is 12.7. The monoisotopic (exact) mass is 352 g/mol. The number of rotatable bonds is 5. The molecule has 0 aromatic rings. The van der Waals surface area contributed by atoms with Gasteiger partial charge in [0.25, 0.3) is 0 Å². The zero-order valence-electron chi connectivity index (χ0n) is 15.5. The molecule has 2 fully saturated rings. The summed E-state index contributed by atoms with van der Waals surface area (Å²) in [6.07, 6.45) is 2.88. The van der Waals surface area contributed by atoms with Gasteiger partial charge in [0.15, 0.2) is 0 Å². The number of ether oxygens (including phenoxy) is 2. The number of hydrogen-bond donors (Lipinski definition) is 1. The van der Waals surface area contributed by atoms with Gasteiger partial charge in [-0.05, 0) is 47.0 Å². The van der Waals surface area contributed by atoms with Crippen molar-refractivity contribution in [1.82, 2.24) is 10.2 Å². The summed E-state index contributed by atoms with van der Waals surface area (Å²) in [7, 11) is 0. The van der Waals surface area contributed by atoms with E-state index in [1.807, 2.05) is 0 Å². The number of amides is 2. The van der Waals surface area contributed by atoms with Crippen molar-refractivity contribution in [1.29, 1.82) is 0 Å². The van der Waals surface area contributed by atoms with E-state index < -0.39 is 29.2 Å². The summed E-state index contributed by atoms with van der Waals surface area (Å²) in [5, 5.41) is 2.81. The van der Waals surface area contributed by atoms with E-state index in [0.29, 0.717) is 25.8 Å². The molecule has 2 amide bonds. The normalized spacial score (nSPS) is 28.2. The molecule has 1 aliphatic carbocycles. The summed E-state index contributed by atoms with van der Waals surface area (Å²) in [5.74, 6) is -0.942. The van der Waals surface area contributed by atoms with E-state index in [1.54, 1.807) is 33.8 Å². The molecule has 1 saturated heterocycles. The van der Waals surface area contributed by atoms with Crippen LogP contribution in [0.4, 0.5) is 4.79 Å². The van der Waals surface area contributed by atoms with Gasteiger partial charge in [0, 0.05) is 12.5 Å². The van der Waals surface area contributed by atoms with Crippen molar-refractivity contribution in [2.75, 3.05) is 13.2 Å². The van der Waals surface area contributed by atoms with Crippen molar-refractivity contribution in [2.45, 2.75) is 64.1 Å². The van der Waals surface area contributed by atoms with Crippen LogP contribution in [-0.4, -0.2) is 53.2 Å². The number of nitrogens with zero attached hydrogens (tertiary/aromatic N) is 1. The minimum atomic E-state index is -1.04. The summed E-state index contributed by atoms with van der Waals surface area (Å²) in [6.45, 7) is 11.5. The molecule has 3 atom stereocenters. The second-order valence-electron chi connectivity index (χ2n) is 7.56. The topological polar surface area (TPSA) is 84.9 Å². The predicted molar refractivity (Wildman–Crippen MR) is 91.8 cm³/mol. The lowest BCUT2D eigenvalue weighted by Gasteiger charge is -2.29. The van der Waals surface area contributed by atoms with Gasteiger partial charge in [-0.2, -0.15) is 0 Å². The highest BCUT2D eigenvalue weighted by Gasteiger charge is 2.61. The number of carbonyl (C=O) groups excluding carboxylic acids is 3. The maximum Gasteiger partial charge on any atom is 0.410 e. The van der Waals surface area contributed by atoms with E-state index in [4.69, 9.17) is 9.47 Å². The SMILES string of the molecule is C=C[C@@H]1C[C@]1(NC(=O)C1CCCN1C(=O)OC(C)(C)C)C(=O)OCC. The Labute approximate surface area is 148 Å². The zero-order chi connectivity index (χ0) is 18.8. The van der Waals surface area contributed by atoms with Gasteiger partial charge in [0.1, 0.15) is 17.2 Å². The Hall–Kier alpha value is -2.05. The van der Waals surface area contributed by atoms with Crippen molar-refractivity contribution >= 4 is 18.0 Å². The van der Waals surface area contributed by atoms with E-state index in [2.05, 4.69) is 11.9 Å². The molecule has 1 aliphatic heterocycles. The smallest absolute Gasteiger partial charge is 0.410 e. The van der Waals surface area contributed by atoms with Crippen molar-refractivity contribution in [2.24, 2.45) is 5.92 Å². The summed E-state index contributed by atoms with van der Waals surface area (Å²) in [5.41, 5.74) is -1.67. The van der Waals surface area contributed by atoms with Crippen molar-refractivity contribution in [3.8, 4) is 0 Å².